The van der Waals surface area contributed by atoms with E-state index in [0.717, 1.165) is 37.9 Å². The van der Waals surface area contributed by atoms with Crippen molar-refractivity contribution in [3.05, 3.63) is 120 Å². The van der Waals surface area contributed by atoms with Crippen LogP contribution in [0.2, 0.25) is 0 Å². The number of halogens is 2. The van der Waals surface area contributed by atoms with Crippen molar-refractivity contribution < 1.29 is 13.5 Å². The Kier molecular flexibility index (Phi) is 6.45. The van der Waals surface area contributed by atoms with Crippen LogP contribution in [-0.4, -0.2) is 22.3 Å². The smallest absolute Gasteiger partial charge is 0.387 e. The van der Waals surface area contributed by atoms with E-state index in [1.54, 1.807) is 6.20 Å². The number of aromatic nitrogens is 2. The number of fused-ring (bicyclic) bond motifs is 2. The van der Waals surface area contributed by atoms with Gasteiger partial charge in [0.1, 0.15) is 17.4 Å². The molecule has 1 aliphatic heterocycles. The molecular formula is C29H21F2N5OS. The molecule has 6 rings (SSSR count). The van der Waals surface area contributed by atoms with Crippen LogP contribution in [0.1, 0.15) is 22.9 Å². The maximum absolute atomic E-state index is 12.6. The summed E-state index contributed by atoms with van der Waals surface area (Å²) in [5.74, 6) is -0.0265. The van der Waals surface area contributed by atoms with Crippen molar-refractivity contribution in [1.82, 2.24) is 9.97 Å². The van der Waals surface area contributed by atoms with E-state index in [1.165, 1.54) is 24.0 Å². The molecule has 0 aliphatic carbocycles. The predicted molar refractivity (Wildman–Crippen MR) is 145 cm³/mol. The molecule has 2 N–H and O–H groups in total. The SMILES string of the molecule is NC1c2ccccc2C(c2ccccc2)=NN1c1ccc(Sc2ccnc3cc(OC(F)F)cnc23)cc1. The number of nitrogens with zero attached hydrogens (tertiary/aromatic N) is 4. The molecule has 3 heterocycles. The van der Waals surface area contributed by atoms with E-state index in [0.29, 0.717) is 11.0 Å². The molecule has 188 valence electrons. The second-order valence-electron chi connectivity index (χ2n) is 8.51. The van der Waals surface area contributed by atoms with Crippen LogP contribution in [0.5, 0.6) is 5.75 Å². The van der Waals surface area contributed by atoms with Crippen LogP contribution in [0.4, 0.5) is 14.5 Å². The molecule has 9 heteroatoms. The van der Waals surface area contributed by atoms with Crippen LogP contribution in [-0.2, 0) is 0 Å². The maximum Gasteiger partial charge on any atom is 0.387 e. The Morgan fingerprint density at radius 1 is 0.895 bits per heavy atom. The molecule has 0 saturated heterocycles. The summed E-state index contributed by atoms with van der Waals surface area (Å²) in [6, 6.07) is 29.4. The number of rotatable bonds is 6. The van der Waals surface area contributed by atoms with E-state index in [2.05, 4.69) is 14.7 Å². The van der Waals surface area contributed by atoms with Crippen LogP contribution in [0, 0.1) is 0 Å². The maximum atomic E-state index is 12.6. The predicted octanol–water partition coefficient (Wildman–Crippen LogP) is 6.61. The first-order valence-electron chi connectivity index (χ1n) is 11.8. The molecule has 6 nitrogen and oxygen atoms in total. The zero-order chi connectivity index (χ0) is 26.1. The van der Waals surface area contributed by atoms with Gasteiger partial charge in [-0.15, -0.1) is 0 Å². The van der Waals surface area contributed by atoms with Crippen molar-refractivity contribution in [2.75, 3.05) is 5.01 Å². The summed E-state index contributed by atoms with van der Waals surface area (Å²) in [6.07, 6.45) is 2.47. The number of hydrogen-bond acceptors (Lipinski definition) is 7. The van der Waals surface area contributed by atoms with Gasteiger partial charge in [0.25, 0.3) is 0 Å². The summed E-state index contributed by atoms with van der Waals surface area (Å²) in [7, 11) is 0. The first-order valence-corrected chi connectivity index (χ1v) is 12.6. The first-order chi connectivity index (χ1) is 18.6. The van der Waals surface area contributed by atoms with Crippen molar-refractivity contribution >= 4 is 34.2 Å². The summed E-state index contributed by atoms with van der Waals surface area (Å²) in [6.45, 7) is -2.92. The number of ether oxygens (including phenoxy) is 1. The van der Waals surface area contributed by atoms with Crippen LogP contribution in [0.25, 0.3) is 11.0 Å². The molecule has 0 amide bonds. The van der Waals surface area contributed by atoms with Crippen molar-refractivity contribution in [1.29, 1.82) is 0 Å². The summed E-state index contributed by atoms with van der Waals surface area (Å²) >= 11 is 1.50. The Morgan fingerprint density at radius 3 is 2.45 bits per heavy atom. The first kappa shape index (κ1) is 24.0. The van der Waals surface area contributed by atoms with Gasteiger partial charge < -0.3 is 10.5 Å². The second kappa shape index (κ2) is 10.2. The minimum absolute atomic E-state index is 0.0265. The molecule has 1 aliphatic rings. The second-order valence-corrected chi connectivity index (χ2v) is 9.63. The van der Waals surface area contributed by atoms with E-state index < -0.39 is 12.8 Å². The van der Waals surface area contributed by atoms with Crippen LogP contribution in [0.15, 0.2) is 118 Å². The van der Waals surface area contributed by atoms with Crippen molar-refractivity contribution in [2.45, 2.75) is 22.6 Å². The highest BCUT2D eigenvalue weighted by Crippen LogP contribution is 2.36. The van der Waals surface area contributed by atoms with Gasteiger partial charge in [0.15, 0.2) is 0 Å². The average Bonchev–Trinajstić information content (AvgIpc) is 2.94. The van der Waals surface area contributed by atoms with Gasteiger partial charge in [0.05, 0.1) is 23.1 Å². The average molecular weight is 526 g/mol. The van der Waals surface area contributed by atoms with Gasteiger partial charge in [-0.05, 0) is 30.3 Å². The Labute approximate surface area is 221 Å². The van der Waals surface area contributed by atoms with Crippen LogP contribution >= 0.6 is 11.8 Å². The van der Waals surface area contributed by atoms with E-state index in [4.69, 9.17) is 10.8 Å². The van der Waals surface area contributed by atoms with Gasteiger partial charge in [-0.25, -0.2) is 9.99 Å². The lowest BCUT2D eigenvalue weighted by Gasteiger charge is -2.33. The lowest BCUT2D eigenvalue weighted by molar-refractivity contribution is -0.0499. The molecule has 5 aromatic rings. The molecule has 0 saturated carbocycles. The zero-order valence-electron chi connectivity index (χ0n) is 19.9. The number of anilines is 1. The van der Waals surface area contributed by atoms with Crippen LogP contribution < -0.4 is 15.5 Å². The van der Waals surface area contributed by atoms with Crippen LogP contribution in [0.3, 0.4) is 0 Å². The van der Waals surface area contributed by atoms with E-state index in [1.807, 2.05) is 89.9 Å². The fraction of sp³-hybridized carbons (Fsp3) is 0.0690. The highest BCUT2D eigenvalue weighted by atomic mass is 32.2. The minimum Gasteiger partial charge on any atom is -0.433 e. The zero-order valence-corrected chi connectivity index (χ0v) is 20.7. The Hall–Kier alpha value is -4.34. The van der Waals surface area contributed by atoms with Gasteiger partial charge in [-0.1, -0.05) is 66.4 Å². The molecule has 2 aromatic heterocycles. The van der Waals surface area contributed by atoms with E-state index in [-0.39, 0.29) is 5.75 Å². The van der Waals surface area contributed by atoms with Gasteiger partial charge in [0, 0.05) is 38.7 Å². The fourth-order valence-corrected chi connectivity index (χ4v) is 5.29. The summed E-state index contributed by atoms with van der Waals surface area (Å²) in [5.41, 5.74) is 12.5. The highest BCUT2D eigenvalue weighted by molar-refractivity contribution is 7.99. The third-order valence-corrected chi connectivity index (χ3v) is 7.18. The van der Waals surface area contributed by atoms with E-state index in [9.17, 15) is 8.78 Å². The molecule has 38 heavy (non-hydrogen) atoms. The molecule has 0 fully saturated rings. The Morgan fingerprint density at radius 2 is 1.66 bits per heavy atom. The fourth-order valence-electron chi connectivity index (χ4n) is 4.38. The Balaban J connectivity index is 1.29. The van der Waals surface area contributed by atoms with Gasteiger partial charge >= 0.3 is 6.61 Å². The number of benzene rings is 3. The number of alkyl halides is 2. The summed E-state index contributed by atoms with van der Waals surface area (Å²) in [4.78, 5) is 10.4. The van der Waals surface area contributed by atoms with Crippen molar-refractivity contribution in [3.8, 4) is 5.75 Å². The molecule has 1 atom stereocenters. The lowest BCUT2D eigenvalue weighted by Crippen LogP contribution is -2.36. The summed E-state index contributed by atoms with van der Waals surface area (Å²) in [5, 5.41) is 6.80. The normalized spacial score (nSPS) is 14.9. The van der Waals surface area contributed by atoms with Gasteiger partial charge in [-0.3, -0.25) is 4.98 Å². The number of hydrogen-bond donors (Lipinski definition) is 1. The quantitative estimate of drug-likeness (QED) is 0.269. The minimum atomic E-state index is -2.92. The number of hydrazone groups is 1. The standard InChI is InChI=1S/C29H21F2N5OS/c30-29(31)37-20-16-24-27(34-17-20)25(14-15-33-24)38-21-12-10-19(11-13-21)36-28(32)23-9-5-4-8-22(23)26(35-36)18-6-2-1-3-7-18/h1-17,28-29H,32H2. The van der Waals surface area contributed by atoms with Gasteiger partial charge in [0.2, 0.25) is 0 Å². The topological polar surface area (TPSA) is 76.6 Å². The Bertz CT molecular complexity index is 1630. The number of nitrogens with two attached hydrogens (primary N) is 1. The molecular weight excluding hydrogens is 504 g/mol. The third kappa shape index (κ3) is 4.69. The van der Waals surface area contributed by atoms with E-state index >= 15 is 0 Å². The summed E-state index contributed by atoms with van der Waals surface area (Å²) < 4.78 is 29.6. The molecule has 3 aromatic carbocycles. The van der Waals surface area contributed by atoms with Crippen molar-refractivity contribution in [2.24, 2.45) is 10.8 Å². The van der Waals surface area contributed by atoms with Gasteiger partial charge in [-0.2, -0.15) is 13.9 Å². The number of pyridine rings is 2. The molecule has 0 bridgehead atoms. The largest absolute Gasteiger partial charge is 0.433 e. The molecule has 1 unspecified atom stereocenters. The third-order valence-electron chi connectivity index (χ3n) is 6.12. The lowest BCUT2D eigenvalue weighted by atomic mass is 9.94. The molecule has 0 radical (unpaired) electrons. The highest BCUT2D eigenvalue weighted by Gasteiger charge is 2.27. The molecule has 0 spiro atoms. The van der Waals surface area contributed by atoms with Crippen molar-refractivity contribution in [3.63, 3.8) is 0 Å². The monoisotopic (exact) mass is 525 g/mol.